The van der Waals surface area contributed by atoms with Crippen molar-refractivity contribution in [3.05, 3.63) is 0 Å². The fourth-order valence-electron chi connectivity index (χ4n) is 0. The van der Waals surface area contributed by atoms with Crippen LogP contribution in [0.2, 0.25) is 0 Å². The first-order valence-corrected chi connectivity index (χ1v) is 2.75. The van der Waals surface area contributed by atoms with E-state index in [2.05, 4.69) is 24.9 Å². The van der Waals surface area contributed by atoms with Crippen molar-refractivity contribution in [3.8, 4) is 0 Å². The molecule has 0 aromatic rings. The first-order valence-electron chi connectivity index (χ1n) is 0.531. The molecular formula is CuO2SSi. The van der Waals surface area contributed by atoms with Crippen LogP contribution in [-0.2, 0) is 23.3 Å². The average molecular weight is 156 g/mol. The molecule has 0 aromatic heterocycles. The Hall–Kier alpha value is 0.556. The number of rotatable bonds is 0. The van der Waals surface area contributed by atoms with Gasteiger partial charge in [0.1, 0.15) is 0 Å². The Balaban J connectivity index is 0. The second-order valence-corrected chi connectivity index (χ2v) is 0.250. The van der Waals surface area contributed by atoms with Crippen LogP contribution in [0.1, 0.15) is 0 Å². The summed E-state index contributed by atoms with van der Waals surface area (Å²) in [6.07, 6.45) is 0. The van der Waals surface area contributed by atoms with Crippen LogP contribution in [-0.4, -0.2) is 9.29 Å². The van der Waals surface area contributed by atoms with Crippen molar-refractivity contribution in [3.63, 3.8) is 0 Å². The number of hydrogen-bond acceptors (Lipinski definition) is 3. The van der Waals surface area contributed by atoms with Crippen molar-refractivity contribution in [2.45, 2.75) is 0 Å². The molecule has 2 nitrogen and oxygen atoms in total. The first kappa shape index (κ1) is 9.12. The Labute approximate surface area is 43.6 Å². The van der Waals surface area contributed by atoms with Gasteiger partial charge < -0.3 is 0 Å². The molecule has 0 saturated heterocycles. The van der Waals surface area contributed by atoms with E-state index in [0.717, 1.165) is 0 Å². The molecule has 0 aliphatic rings. The molecule has 5 heavy (non-hydrogen) atoms. The Morgan fingerprint density at radius 2 is 1.40 bits per heavy atom. The van der Waals surface area contributed by atoms with E-state index < -0.39 is 9.29 Å². The molecule has 0 rings (SSSR count). The van der Waals surface area contributed by atoms with Crippen LogP contribution in [0.3, 0.4) is 0 Å². The van der Waals surface area contributed by atoms with Crippen molar-refractivity contribution in [2.75, 3.05) is 0 Å². The van der Waals surface area contributed by atoms with E-state index in [1.54, 1.807) is 0 Å². The summed E-state index contributed by atoms with van der Waals surface area (Å²) < 4.78 is 16.8. The minimum atomic E-state index is -1.42. The summed E-state index contributed by atoms with van der Waals surface area (Å²) in [6.45, 7) is 0. The van der Waals surface area contributed by atoms with Crippen LogP contribution in [0.4, 0.5) is 0 Å². The standard InChI is InChI=1S/Cu.O2Si.S/c;1-3-2;. The molecule has 33 valence electrons. The molecule has 0 spiro atoms. The van der Waals surface area contributed by atoms with Crippen LogP contribution in [0, 0.1) is 0 Å². The van der Waals surface area contributed by atoms with Gasteiger partial charge >= 0.3 is 34.2 Å². The Kier molecular flexibility index (Phi) is 43.4. The summed E-state index contributed by atoms with van der Waals surface area (Å²) in [4.78, 5) is 0. The molecule has 0 bridgehead atoms. The van der Waals surface area contributed by atoms with E-state index in [1.165, 1.54) is 0 Å². The van der Waals surface area contributed by atoms with E-state index in [9.17, 15) is 0 Å². The summed E-state index contributed by atoms with van der Waals surface area (Å²) in [5.41, 5.74) is 0. The van der Waals surface area contributed by atoms with Gasteiger partial charge in [0.25, 0.3) is 0 Å². The van der Waals surface area contributed by atoms with Crippen LogP contribution in [0.25, 0.3) is 0 Å². The summed E-state index contributed by atoms with van der Waals surface area (Å²) in [7, 11) is 2.23. The average Bonchev–Trinajstić information content (AvgIpc) is 1.46. The van der Waals surface area contributed by atoms with Gasteiger partial charge in [0.05, 0.1) is 0 Å². The molecule has 0 N–H and O–H groups in total. The van der Waals surface area contributed by atoms with Crippen molar-refractivity contribution in [1.29, 1.82) is 0 Å². The third-order valence-electron chi connectivity index (χ3n) is 0. The molecule has 0 unspecified atom stereocenters. The molecule has 0 heterocycles. The van der Waals surface area contributed by atoms with Gasteiger partial charge in [-0.2, -0.15) is 0 Å². The van der Waals surface area contributed by atoms with E-state index in [-0.39, 0.29) is 0 Å². The third-order valence-corrected chi connectivity index (χ3v) is 0. The molecular weight excluding hydrogens is 156 g/mol. The predicted octanol–water partition coefficient (Wildman–Crippen LogP) is 0.0273. The molecule has 0 aromatic carbocycles. The molecule has 5 heteroatoms. The Morgan fingerprint density at radius 1 is 1.40 bits per heavy atom. The summed E-state index contributed by atoms with van der Waals surface area (Å²) in [5, 5.41) is 0. The zero-order chi connectivity index (χ0) is 4.71. The second kappa shape index (κ2) is 23.8. The topological polar surface area (TPSA) is 34.1 Å². The van der Waals surface area contributed by atoms with E-state index in [1.807, 2.05) is 0 Å². The molecule has 0 aliphatic carbocycles. The third kappa shape index (κ3) is 96.2. The van der Waals surface area contributed by atoms with Crippen LogP contribution in [0.5, 0.6) is 0 Å². The summed E-state index contributed by atoms with van der Waals surface area (Å²) >= 11 is 3.77. The van der Waals surface area contributed by atoms with Crippen molar-refractivity contribution in [1.82, 2.24) is 0 Å². The van der Waals surface area contributed by atoms with Crippen molar-refractivity contribution >= 4 is 19.8 Å². The van der Waals surface area contributed by atoms with Crippen molar-refractivity contribution in [2.24, 2.45) is 0 Å². The van der Waals surface area contributed by atoms with Crippen LogP contribution in [0.15, 0.2) is 0 Å². The number of hydrogen-bond donors (Lipinski definition) is 0. The Bertz CT molecular complexity index is 38.9. The normalized spacial score (nSPS) is 2.80. The zero-order valence-electron chi connectivity index (χ0n) is 2.03. The fraction of sp³-hybridized carbons (Fsp3) is 0. The molecule has 0 atom stereocenters. The zero-order valence-corrected chi connectivity index (χ0v) is 4.78. The van der Waals surface area contributed by atoms with E-state index in [4.69, 9.17) is 8.92 Å². The van der Waals surface area contributed by atoms with Gasteiger partial charge in [-0.05, 0) is 0 Å². The maximum absolute atomic E-state index is 8.40. The van der Waals surface area contributed by atoms with Gasteiger partial charge in [-0.1, -0.05) is 0 Å². The SMILES string of the molecule is O=[Si]=O.[S]=[Cu]. The second-order valence-electron chi connectivity index (χ2n) is 0.0833. The van der Waals surface area contributed by atoms with E-state index in [0.29, 0.717) is 0 Å². The van der Waals surface area contributed by atoms with Gasteiger partial charge in [-0.25, -0.2) is 0 Å². The minimum absolute atomic E-state index is 1.42. The Morgan fingerprint density at radius 3 is 1.40 bits per heavy atom. The van der Waals surface area contributed by atoms with Gasteiger partial charge in [-0.15, -0.1) is 0 Å². The van der Waals surface area contributed by atoms with Gasteiger partial charge in [-0.3, -0.25) is 8.92 Å². The van der Waals surface area contributed by atoms with Crippen LogP contribution >= 0.6 is 10.6 Å². The molecule has 0 aliphatic heterocycles. The van der Waals surface area contributed by atoms with Gasteiger partial charge in [0, 0.05) is 0 Å². The molecule has 0 radical (unpaired) electrons. The predicted molar refractivity (Wildman–Crippen MR) is 14.7 cm³/mol. The molecule has 0 saturated carbocycles. The first-order chi connectivity index (χ1) is 2.41. The summed E-state index contributed by atoms with van der Waals surface area (Å²) in [6, 6.07) is 0. The monoisotopic (exact) mass is 155 g/mol. The molecule has 0 fully saturated rings. The van der Waals surface area contributed by atoms with Gasteiger partial charge in [0.15, 0.2) is 0 Å². The van der Waals surface area contributed by atoms with E-state index >= 15 is 0 Å². The van der Waals surface area contributed by atoms with Crippen molar-refractivity contribution < 1.29 is 23.3 Å². The van der Waals surface area contributed by atoms with Gasteiger partial charge in [0.2, 0.25) is 0 Å². The maximum atomic E-state index is 8.40. The van der Waals surface area contributed by atoms with Crippen LogP contribution < -0.4 is 0 Å². The fourth-order valence-corrected chi connectivity index (χ4v) is 0. The summed E-state index contributed by atoms with van der Waals surface area (Å²) in [5.74, 6) is 0. The molecule has 0 amide bonds. The quantitative estimate of drug-likeness (QED) is 0.463.